The van der Waals surface area contributed by atoms with Crippen molar-refractivity contribution in [2.24, 2.45) is 5.92 Å². The van der Waals surface area contributed by atoms with Gasteiger partial charge in [0.05, 0.1) is 5.02 Å². The van der Waals surface area contributed by atoms with Crippen LogP contribution >= 0.6 is 11.6 Å². The number of hydrogen-bond donors (Lipinski definition) is 1. The Kier molecular flexibility index (Phi) is 6.48. The van der Waals surface area contributed by atoms with Gasteiger partial charge in [-0.3, -0.25) is 4.79 Å². The van der Waals surface area contributed by atoms with Crippen LogP contribution in [0.3, 0.4) is 0 Å². The molecule has 2 rings (SSSR count). The lowest BCUT2D eigenvalue weighted by Crippen LogP contribution is -2.47. The molecule has 1 saturated heterocycles. The van der Waals surface area contributed by atoms with Crippen molar-refractivity contribution in [2.45, 2.75) is 31.7 Å². The summed E-state index contributed by atoms with van der Waals surface area (Å²) >= 11 is 6.14. The van der Waals surface area contributed by atoms with E-state index in [4.69, 9.17) is 11.6 Å². The van der Waals surface area contributed by atoms with Gasteiger partial charge in [0.25, 0.3) is 5.91 Å². The fraction of sp³-hybridized carbons (Fsp3) is 0.588. The van der Waals surface area contributed by atoms with Gasteiger partial charge in [-0.15, -0.1) is 0 Å². The van der Waals surface area contributed by atoms with E-state index >= 15 is 0 Å². The van der Waals surface area contributed by atoms with Crippen LogP contribution in [0, 0.1) is 5.92 Å². The van der Waals surface area contributed by atoms with Crippen LogP contribution in [0.4, 0.5) is 0 Å². The minimum atomic E-state index is -3.72. The highest BCUT2D eigenvalue weighted by atomic mass is 35.5. The smallest absolute Gasteiger partial charge is 0.251 e. The Morgan fingerprint density at radius 1 is 1.16 bits per heavy atom. The molecule has 1 amide bonds. The summed E-state index contributed by atoms with van der Waals surface area (Å²) in [6.45, 7) is 8.10. The lowest BCUT2D eigenvalue weighted by Gasteiger charge is -2.31. The third-order valence-electron chi connectivity index (χ3n) is 4.63. The highest BCUT2D eigenvalue weighted by Gasteiger charge is 2.30. The van der Waals surface area contributed by atoms with Gasteiger partial charge in [0.15, 0.2) is 0 Å². The Bertz CT molecular complexity index is 729. The Balaban J connectivity index is 2.28. The average Bonchev–Trinajstić information content (AvgIpc) is 2.55. The first-order valence-corrected chi connectivity index (χ1v) is 10.2. The van der Waals surface area contributed by atoms with Crippen molar-refractivity contribution in [2.75, 3.05) is 33.2 Å². The van der Waals surface area contributed by atoms with E-state index in [2.05, 4.69) is 10.2 Å². The number of carbonyl (C=O) groups excluding carboxylic acids is 1. The Morgan fingerprint density at radius 2 is 1.76 bits per heavy atom. The predicted molar refractivity (Wildman–Crippen MR) is 99.5 cm³/mol. The van der Waals surface area contributed by atoms with Gasteiger partial charge in [-0.1, -0.05) is 25.4 Å². The van der Waals surface area contributed by atoms with Gasteiger partial charge >= 0.3 is 0 Å². The fourth-order valence-electron chi connectivity index (χ4n) is 2.47. The van der Waals surface area contributed by atoms with E-state index in [1.54, 1.807) is 6.07 Å². The van der Waals surface area contributed by atoms with E-state index in [0.717, 1.165) is 0 Å². The summed E-state index contributed by atoms with van der Waals surface area (Å²) in [5, 5.41) is 3.01. The molecule has 1 heterocycles. The number of halogens is 1. The van der Waals surface area contributed by atoms with Crippen LogP contribution in [0.25, 0.3) is 0 Å². The molecule has 1 aromatic rings. The van der Waals surface area contributed by atoms with Gasteiger partial charge < -0.3 is 10.2 Å². The summed E-state index contributed by atoms with van der Waals surface area (Å²) in [5.41, 5.74) is 0.296. The number of carbonyl (C=O) groups is 1. The van der Waals surface area contributed by atoms with Crippen molar-refractivity contribution in [3.8, 4) is 0 Å². The number of likely N-dealkylation sites (N-methyl/N-ethyl adjacent to an activating group) is 1. The van der Waals surface area contributed by atoms with Crippen LogP contribution in [-0.2, 0) is 10.0 Å². The van der Waals surface area contributed by atoms with E-state index in [9.17, 15) is 13.2 Å². The number of benzene rings is 1. The van der Waals surface area contributed by atoms with Crippen molar-refractivity contribution in [1.82, 2.24) is 14.5 Å². The second kappa shape index (κ2) is 8.03. The molecule has 0 radical (unpaired) electrons. The van der Waals surface area contributed by atoms with Crippen molar-refractivity contribution in [1.29, 1.82) is 0 Å². The first kappa shape index (κ1) is 20.2. The van der Waals surface area contributed by atoms with E-state index in [1.807, 2.05) is 27.8 Å². The van der Waals surface area contributed by atoms with Crippen LogP contribution in [0.1, 0.15) is 31.1 Å². The number of nitrogens with zero attached hydrogens (tertiary/aromatic N) is 2. The molecule has 1 atom stereocenters. The molecule has 8 heteroatoms. The summed E-state index contributed by atoms with van der Waals surface area (Å²) in [5.74, 6) is -0.0162. The van der Waals surface area contributed by atoms with Crippen LogP contribution in [0.2, 0.25) is 5.02 Å². The minimum Gasteiger partial charge on any atom is -0.349 e. The Morgan fingerprint density at radius 3 is 2.32 bits per heavy atom. The zero-order valence-electron chi connectivity index (χ0n) is 15.1. The summed E-state index contributed by atoms with van der Waals surface area (Å²) in [6, 6.07) is 4.38. The number of sulfonamides is 1. The number of amides is 1. The zero-order chi connectivity index (χ0) is 18.8. The largest absolute Gasteiger partial charge is 0.349 e. The third kappa shape index (κ3) is 4.73. The van der Waals surface area contributed by atoms with E-state index in [1.165, 1.54) is 16.4 Å². The van der Waals surface area contributed by atoms with E-state index in [0.29, 0.717) is 31.7 Å². The summed E-state index contributed by atoms with van der Waals surface area (Å²) < 4.78 is 27.2. The standard InChI is InChI=1S/C17H26ClN3O3S/c1-12(2)13(3)19-17(22)14-5-6-15(18)16(11-14)25(23,24)21-9-7-20(4)8-10-21/h5-6,11-13H,7-10H2,1-4H3,(H,19,22). The van der Waals surface area contributed by atoms with E-state index in [-0.39, 0.29) is 27.8 Å². The maximum atomic E-state index is 12.9. The zero-order valence-corrected chi connectivity index (χ0v) is 16.7. The average molecular weight is 388 g/mol. The molecule has 140 valence electrons. The molecule has 0 aromatic heterocycles. The van der Waals surface area contributed by atoms with Crippen LogP contribution < -0.4 is 5.32 Å². The van der Waals surface area contributed by atoms with Crippen LogP contribution in [-0.4, -0.2) is 62.8 Å². The summed E-state index contributed by atoms with van der Waals surface area (Å²) in [7, 11) is -1.77. The molecule has 0 aliphatic carbocycles. The van der Waals surface area contributed by atoms with Gasteiger partial charge in [0.2, 0.25) is 10.0 Å². The number of nitrogens with one attached hydrogen (secondary N) is 1. The van der Waals surface area contributed by atoms with E-state index < -0.39 is 10.0 Å². The molecule has 1 N–H and O–H groups in total. The predicted octanol–water partition coefficient (Wildman–Crippen LogP) is 2.05. The lowest BCUT2D eigenvalue weighted by molar-refractivity contribution is 0.0930. The maximum absolute atomic E-state index is 12.9. The molecule has 1 unspecified atom stereocenters. The van der Waals surface area contributed by atoms with Gasteiger partial charge in [-0.05, 0) is 38.1 Å². The molecule has 1 aliphatic heterocycles. The summed E-state index contributed by atoms with van der Waals surface area (Å²) in [6.07, 6.45) is 0. The molecule has 1 aromatic carbocycles. The lowest BCUT2D eigenvalue weighted by atomic mass is 10.1. The minimum absolute atomic E-state index is 0.0106. The number of piperazine rings is 1. The Labute approximate surface area is 155 Å². The quantitative estimate of drug-likeness (QED) is 0.839. The van der Waals surface area contributed by atoms with Gasteiger partial charge in [-0.2, -0.15) is 4.31 Å². The normalized spacial score (nSPS) is 18.3. The number of rotatable bonds is 5. The topological polar surface area (TPSA) is 69.7 Å². The monoisotopic (exact) mass is 387 g/mol. The van der Waals surface area contributed by atoms with Gasteiger partial charge in [0, 0.05) is 37.8 Å². The molecule has 0 spiro atoms. The fourth-order valence-corrected chi connectivity index (χ4v) is 4.39. The second-order valence-electron chi connectivity index (χ2n) is 6.86. The molecule has 1 aliphatic rings. The van der Waals surface area contributed by atoms with Crippen LogP contribution in [0.15, 0.2) is 23.1 Å². The highest BCUT2D eigenvalue weighted by molar-refractivity contribution is 7.89. The third-order valence-corrected chi connectivity index (χ3v) is 7.01. The summed E-state index contributed by atoms with van der Waals surface area (Å²) in [4.78, 5) is 14.5. The first-order valence-electron chi connectivity index (χ1n) is 8.42. The van der Waals surface area contributed by atoms with Gasteiger partial charge in [-0.25, -0.2) is 8.42 Å². The maximum Gasteiger partial charge on any atom is 0.251 e. The molecule has 0 bridgehead atoms. The van der Waals surface area contributed by atoms with Crippen molar-refractivity contribution in [3.63, 3.8) is 0 Å². The van der Waals surface area contributed by atoms with Crippen molar-refractivity contribution < 1.29 is 13.2 Å². The molecule has 6 nitrogen and oxygen atoms in total. The molecule has 25 heavy (non-hydrogen) atoms. The molecular weight excluding hydrogens is 362 g/mol. The highest BCUT2D eigenvalue weighted by Crippen LogP contribution is 2.26. The van der Waals surface area contributed by atoms with Crippen molar-refractivity contribution >= 4 is 27.5 Å². The molecular formula is C17H26ClN3O3S. The second-order valence-corrected chi connectivity index (χ2v) is 9.17. The SMILES string of the molecule is CC(C)C(C)NC(=O)c1ccc(Cl)c(S(=O)(=O)N2CCN(C)CC2)c1. The van der Waals surface area contributed by atoms with Crippen molar-refractivity contribution in [3.05, 3.63) is 28.8 Å². The number of hydrogen-bond acceptors (Lipinski definition) is 4. The molecule has 1 fully saturated rings. The van der Waals surface area contributed by atoms with Gasteiger partial charge in [0.1, 0.15) is 4.90 Å². The Hall–Kier alpha value is -1.15. The molecule has 0 saturated carbocycles. The first-order chi connectivity index (χ1) is 11.6. The van der Waals surface area contributed by atoms with Crippen LogP contribution in [0.5, 0.6) is 0 Å².